The molecule has 4 heterocycles. The molecule has 0 aliphatic carbocycles. The van der Waals surface area contributed by atoms with E-state index in [0.29, 0.717) is 6.04 Å². The third-order valence-electron chi connectivity index (χ3n) is 4.07. The third-order valence-corrected chi connectivity index (χ3v) is 4.41. The summed E-state index contributed by atoms with van der Waals surface area (Å²) in [6.07, 6.45) is 6.22. The highest BCUT2D eigenvalue weighted by atomic mass is 35.5. The molecule has 0 radical (unpaired) electrons. The zero-order chi connectivity index (χ0) is 11.7. The van der Waals surface area contributed by atoms with Crippen LogP contribution in [-0.4, -0.2) is 35.6 Å². The van der Waals surface area contributed by atoms with Crippen molar-refractivity contribution in [1.29, 1.82) is 0 Å². The van der Waals surface area contributed by atoms with Gasteiger partial charge in [0.1, 0.15) is 0 Å². The summed E-state index contributed by atoms with van der Waals surface area (Å²) in [5.41, 5.74) is 1.15. The molecule has 17 heavy (non-hydrogen) atoms. The molecule has 3 fully saturated rings. The Hall–Kier alpha value is -0.640. The standard InChI is InChI=1S/C13H18ClN3/c14-12-8-15-4-1-11(12)7-16-13-9-17-5-2-10(13)3-6-17/h1,4,8,10,13,16H,2-3,5-7,9H2. The van der Waals surface area contributed by atoms with Crippen LogP contribution in [0.2, 0.25) is 5.02 Å². The molecule has 2 bridgehead atoms. The van der Waals surface area contributed by atoms with Crippen LogP contribution in [0.1, 0.15) is 18.4 Å². The average Bonchev–Trinajstić information content (AvgIpc) is 2.39. The molecule has 0 spiro atoms. The van der Waals surface area contributed by atoms with Crippen molar-refractivity contribution < 1.29 is 0 Å². The number of pyridine rings is 1. The summed E-state index contributed by atoms with van der Waals surface area (Å²) in [5.74, 6) is 0.862. The van der Waals surface area contributed by atoms with Gasteiger partial charge in [-0.2, -0.15) is 0 Å². The monoisotopic (exact) mass is 251 g/mol. The average molecular weight is 252 g/mol. The second-order valence-corrected chi connectivity index (χ2v) is 5.50. The lowest BCUT2D eigenvalue weighted by Crippen LogP contribution is -2.55. The van der Waals surface area contributed by atoms with E-state index >= 15 is 0 Å². The van der Waals surface area contributed by atoms with Crippen LogP contribution in [0, 0.1) is 5.92 Å². The Kier molecular flexibility index (Phi) is 3.32. The zero-order valence-electron chi connectivity index (χ0n) is 9.90. The quantitative estimate of drug-likeness (QED) is 0.890. The lowest BCUT2D eigenvalue weighted by Gasteiger charge is -2.45. The van der Waals surface area contributed by atoms with Crippen LogP contribution >= 0.6 is 11.6 Å². The first kappa shape index (κ1) is 11.5. The second kappa shape index (κ2) is 4.92. The predicted molar refractivity (Wildman–Crippen MR) is 69.0 cm³/mol. The highest BCUT2D eigenvalue weighted by Gasteiger charge is 2.33. The summed E-state index contributed by atoms with van der Waals surface area (Å²) >= 11 is 6.11. The van der Waals surface area contributed by atoms with Gasteiger partial charge in [0.2, 0.25) is 0 Å². The van der Waals surface area contributed by atoms with E-state index in [1.807, 2.05) is 6.07 Å². The molecule has 1 N–H and O–H groups in total. The van der Waals surface area contributed by atoms with Gasteiger partial charge in [-0.05, 0) is 43.5 Å². The van der Waals surface area contributed by atoms with E-state index in [2.05, 4.69) is 15.2 Å². The number of nitrogens with one attached hydrogen (secondary N) is 1. The minimum atomic E-state index is 0.640. The fourth-order valence-electron chi connectivity index (χ4n) is 2.98. The van der Waals surface area contributed by atoms with E-state index in [-0.39, 0.29) is 0 Å². The minimum Gasteiger partial charge on any atom is -0.308 e. The van der Waals surface area contributed by atoms with Crippen LogP contribution in [0.4, 0.5) is 0 Å². The van der Waals surface area contributed by atoms with Crippen LogP contribution in [0.25, 0.3) is 0 Å². The lowest BCUT2D eigenvalue weighted by atomic mass is 9.84. The Labute approximate surface area is 107 Å². The summed E-state index contributed by atoms with van der Waals surface area (Å²) in [6, 6.07) is 2.64. The highest BCUT2D eigenvalue weighted by molar-refractivity contribution is 6.31. The number of fused-ring (bicyclic) bond motifs is 3. The Bertz CT molecular complexity index is 388. The zero-order valence-corrected chi connectivity index (χ0v) is 10.7. The minimum absolute atomic E-state index is 0.640. The van der Waals surface area contributed by atoms with Crippen molar-refractivity contribution in [3.8, 4) is 0 Å². The van der Waals surface area contributed by atoms with Gasteiger partial charge in [-0.15, -0.1) is 0 Å². The van der Waals surface area contributed by atoms with Crippen molar-refractivity contribution in [3.05, 3.63) is 29.0 Å². The van der Waals surface area contributed by atoms with Crippen molar-refractivity contribution >= 4 is 11.6 Å². The topological polar surface area (TPSA) is 28.2 Å². The maximum Gasteiger partial charge on any atom is 0.0634 e. The molecule has 0 aromatic carbocycles. The van der Waals surface area contributed by atoms with Gasteiger partial charge in [0.15, 0.2) is 0 Å². The number of halogens is 1. The molecule has 3 aliphatic rings. The summed E-state index contributed by atoms with van der Waals surface area (Å²) in [5, 5.41) is 4.42. The second-order valence-electron chi connectivity index (χ2n) is 5.09. The maximum atomic E-state index is 6.11. The first-order chi connectivity index (χ1) is 8.33. The number of rotatable bonds is 3. The van der Waals surface area contributed by atoms with Crippen molar-refractivity contribution in [2.45, 2.75) is 25.4 Å². The molecule has 3 aliphatic heterocycles. The number of piperidine rings is 3. The molecule has 1 aromatic heterocycles. The number of hydrogen-bond acceptors (Lipinski definition) is 3. The summed E-state index contributed by atoms with van der Waals surface area (Å²) < 4.78 is 0. The molecule has 0 amide bonds. The number of hydrogen-bond donors (Lipinski definition) is 1. The Morgan fingerprint density at radius 2 is 2.24 bits per heavy atom. The molecule has 3 saturated heterocycles. The third kappa shape index (κ3) is 2.46. The van der Waals surface area contributed by atoms with Gasteiger partial charge in [0.05, 0.1) is 5.02 Å². The van der Waals surface area contributed by atoms with Crippen molar-refractivity contribution in [1.82, 2.24) is 15.2 Å². The van der Waals surface area contributed by atoms with Gasteiger partial charge in [-0.1, -0.05) is 11.6 Å². The van der Waals surface area contributed by atoms with Gasteiger partial charge >= 0.3 is 0 Å². The molecule has 0 saturated carbocycles. The van der Waals surface area contributed by atoms with Crippen LogP contribution in [0.15, 0.2) is 18.5 Å². The Morgan fingerprint density at radius 3 is 2.88 bits per heavy atom. The SMILES string of the molecule is Clc1cnccc1CNC1CN2CCC1CC2. The lowest BCUT2D eigenvalue weighted by molar-refractivity contribution is 0.0720. The number of nitrogens with zero attached hydrogens (tertiary/aromatic N) is 2. The van der Waals surface area contributed by atoms with Crippen LogP contribution in [-0.2, 0) is 6.54 Å². The summed E-state index contributed by atoms with van der Waals surface area (Å²) in [7, 11) is 0. The first-order valence-corrected chi connectivity index (χ1v) is 6.75. The Balaban J connectivity index is 1.60. The highest BCUT2D eigenvalue weighted by Crippen LogP contribution is 2.27. The fraction of sp³-hybridized carbons (Fsp3) is 0.615. The van der Waals surface area contributed by atoms with Crippen molar-refractivity contribution in [2.75, 3.05) is 19.6 Å². The van der Waals surface area contributed by atoms with Gasteiger partial charge in [-0.25, -0.2) is 0 Å². The van der Waals surface area contributed by atoms with Crippen LogP contribution in [0.3, 0.4) is 0 Å². The van der Waals surface area contributed by atoms with Gasteiger partial charge in [0, 0.05) is 31.5 Å². The predicted octanol–water partition coefficient (Wildman–Crippen LogP) is 1.92. The van der Waals surface area contributed by atoms with E-state index in [4.69, 9.17) is 11.6 Å². The first-order valence-electron chi connectivity index (χ1n) is 6.37. The maximum absolute atomic E-state index is 6.11. The van der Waals surface area contributed by atoms with E-state index in [1.54, 1.807) is 12.4 Å². The fourth-order valence-corrected chi connectivity index (χ4v) is 3.17. The largest absolute Gasteiger partial charge is 0.308 e. The van der Waals surface area contributed by atoms with Crippen LogP contribution in [0.5, 0.6) is 0 Å². The van der Waals surface area contributed by atoms with E-state index in [9.17, 15) is 0 Å². The molecular weight excluding hydrogens is 234 g/mol. The molecule has 4 heteroatoms. The van der Waals surface area contributed by atoms with Crippen LogP contribution < -0.4 is 5.32 Å². The molecular formula is C13H18ClN3. The van der Waals surface area contributed by atoms with Gasteiger partial charge < -0.3 is 10.2 Å². The Morgan fingerprint density at radius 1 is 1.41 bits per heavy atom. The van der Waals surface area contributed by atoms with Crippen molar-refractivity contribution in [3.63, 3.8) is 0 Å². The molecule has 4 rings (SSSR count). The molecule has 3 nitrogen and oxygen atoms in total. The van der Waals surface area contributed by atoms with Crippen molar-refractivity contribution in [2.24, 2.45) is 5.92 Å². The molecule has 1 aromatic rings. The van der Waals surface area contributed by atoms with E-state index < -0.39 is 0 Å². The summed E-state index contributed by atoms with van der Waals surface area (Å²) in [6.45, 7) is 4.64. The van der Waals surface area contributed by atoms with E-state index in [0.717, 1.165) is 23.0 Å². The number of aromatic nitrogens is 1. The summed E-state index contributed by atoms with van der Waals surface area (Å²) in [4.78, 5) is 6.57. The molecule has 1 atom stereocenters. The molecule has 92 valence electrons. The van der Waals surface area contributed by atoms with E-state index in [1.165, 1.54) is 32.5 Å². The van der Waals surface area contributed by atoms with Gasteiger partial charge in [-0.3, -0.25) is 4.98 Å². The van der Waals surface area contributed by atoms with Gasteiger partial charge in [0.25, 0.3) is 0 Å². The molecule has 1 unspecified atom stereocenters. The smallest absolute Gasteiger partial charge is 0.0634 e. The normalized spacial score (nSPS) is 31.7.